The summed E-state index contributed by atoms with van der Waals surface area (Å²) in [6.07, 6.45) is 0. The Kier molecular flexibility index (Phi) is 1.92. The van der Waals surface area contributed by atoms with E-state index in [0.29, 0.717) is 24.6 Å². The molecule has 0 amide bonds. The molecule has 2 nitrogen and oxygen atoms in total. The number of rotatable bonds is 0. The second kappa shape index (κ2) is 2.94. The first-order valence-electron chi connectivity index (χ1n) is 3.64. The lowest BCUT2D eigenvalue weighted by molar-refractivity contribution is 0.318. The van der Waals surface area contributed by atoms with E-state index in [1.165, 1.54) is 6.07 Å². The van der Waals surface area contributed by atoms with Crippen LogP contribution in [0.1, 0.15) is 0 Å². The van der Waals surface area contributed by atoms with Crippen LogP contribution >= 0.6 is 15.9 Å². The molecule has 0 saturated heterocycles. The molecule has 0 spiro atoms. The highest BCUT2D eigenvalue weighted by molar-refractivity contribution is 9.10. The van der Waals surface area contributed by atoms with Gasteiger partial charge >= 0.3 is 0 Å². The van der Waals surface area contributed by atoms with Crippen LogP contribution in [0.3, 0.4) is 0 Å². The Hall–Kier alpha value is -0.770. The van der Waals surface area contributed by atoms with Crippen LogP contribution in [0.15, 0.2) is 16.6 Å². The van der Waals surface area contributed by atoms with Crippen molar-refractivity contribution in [3.8, 4) is 5.75 Å². The van der Waals surface area contributed by atoms with Crippen molar-refractivity contribution in [2.45, 2.75) is 0 Å². The minimum Gasteiger partial charge on any atom is -0.488 e. The van der Waals surface area contributed by atoms with Gasteiger partial charge in [-0.3, -0.25) is 0 Å². The van der Waals surface area contributed by atoms with Gasteiger partial charge < -0.3 is 10.1 Å². The number of benzene rings is 1. The maximum absolute atomic E-state index is 13.1. The average Bonchev–Trinajstić information content (AvgIpc) is 2.12. The fourth-order valence-corrected chi connectivity index (χ4v) is 1.61. The Balaban J connectivity index is 2.57. The zero-order valence-electron chi connectivity index (χ0n) is 6.23. The fraction of sp³-hybridized carbons (Fsp3) is 0.250. The molecule has 1 aromatic carbocycles. The molecule has 0 unspecified atom stereocenters. The van der Waals surface area contributed by atoms with Gasteiger partial charge in [-0.1, -0.05) is 0 Å². The maximum atomic E-state index is 13.1. The second-order valence-electron chi connectivity index (χ2n) is 2.51. The molecule has 0 aliphatic carbocycles. The highest BCUT2D eigenvalue weighted by Gasteiger charge is 2.16. The normalized spacial score (nSPS) is 14.5. The van der Waals surface area contributed by atoms with Crippen molar-refractivity contribution in [2.75, 3.05) is 18.5 Å². The number of fused-ring (bicyclic) bond motifs is 1. The molecule has 0 atom stereocenters. The van der Waals surface area contributed by atoms with Gasteiger partial charge in [-0.25, -0.2) is 4.39 Å². The van der Waals surface area contributed by atoms with Gasteiger partial charge in [0, 0.05) is 6.54 Å². The van der Waals surface area contributed by atoms with Crippen molar-refractivity contribution >= 4 is 21.6 Å². The van der Waals surface area contributed by atoms with Crippen LogP contribution in [0, 0.1) is 5.82 Å². The van der Waals surface area contributed by atoms with Crippen molar-refractivity contribution in [3.63, 3.8) is 0 Å². The van der Waals surface area contributed by atoms with E-state index in [-0.39, 0.29) is 5.82 Å². The summed E-state index contributed by atoms with van der Waals surface area (Å²) < 4.78 is 19.2. The zero-order chi connectivity index (χ0) is 8.55. The molecular weight excluding hydrogens is 225 g/mol. The van der Waals surface area contributed by atoms with Crippen LogP contribution in [0.25, 0.3) is 0 Å². The number of anilines is 1. The average molecular weight is 232 g/mol. The third-order valence-corrected chi connectivity index (χ3v) is 2.33. The SMILES string of the molecule is Fc1ccc(Br)c2c1NCCO2. The highest BCUT2D eigenvalue weighted by atomic mass is 79.9. The van der Waals surface area contributed by atoms with E-state index in [4.69, 9.17) is 4.74 Å². The van der Waals surface area contributed by atoms with Crippen LogP contribution in [0.4, 0.5) is 10.1 Å². The van der Waals surface area contributed by atoms with E-state index >= 15 is 0 Å². The molecule has 1 aliphatic rings. The van der Waals surface area contributed by atoms with Gasteiger partial charge in [-0.2, -0.15) is 0 Å². The molecule has 12 heavy (non-hydrogen) atoms. The van der Waals surface area contributed by atoms with E-state index in [2.05, 4.69) is 21.2 Å². The van der Waals surface area contributed by atoms with Crippen LogP contribution in [-0.4, -0.2) is 13.2 Å². The standard InChI is InChI=1S/C8H7BrFNO/c9-5-1-2-6(10)7-8(5)12-4-3-11-7/h1-2,11H,3-4H2. The summed E-state index contributed by atoms with van der Waals surface area (Å²) in [5.74, 6) is 0.300. The number of hydrogen-bond acceptors (Lipinski definition) is 2. The minimum absolute atomic E-state index is 0.270. The van der Waals surface area contributed by atoms with Crippen molar-refractivity contribution in [1.29, 1.82) is 0 Å². The Morgan fingerprint density at radius 3 is 3.08 bits per heavy atom. The van der Waals surface area contributed by atoms with Crippen LogP contribution in [-0.2, 0) is 0 Å². The van der Waals surface area contributed by atoms with Gasteiger partial charge in [0.1, 0.15) is 18.1 Å². The molecule has 4 heteroatoms. The quantitative estimate of drug-likeness (QED) is 0.741. The van der Waals surface area contributed by atoms with Crippen molar-refractivity contribution in [1.82, 2.24) is 0 Å². The largest absolute Gasteiger partial charge is 0.488 e. The van der Waals surface area contributed by atoms with Crippen LogP contribution in [0.5, 0.6) is 5.75 Å². The molecule has 0 saturated carbocycles. The molecule has 0 bridgehead atoms. The Labute approximate surface area is 77.9 Å². The molecular formula is C8H7BrFNO. The molecule has 64 valence electrons. The minimum atomic E-state index is -0.270. The first-order chi connectivity index (χ1) is 5.79. The van der Waals surface area contributed by atoms with Gasteiger partial charge in [-0.15, -0.1) is 0 Å². The third-order valence-electron chi connectivity index (χ3n) is 1.71. The smallest absolute Gasteiger partial charge is 0.159 e. The van der Waals surface area contributed by atoms with E-state index in [0.717, 1.165) is 4.47 Å². The summed E-state index contributed by atoms with van der Waals surface area (Å²) in [6.45, 7) is 1.23. The van der Waals surface area contributed by atoms with Gasteiger partial charge in [0.05, 0.1) is 4.47 Å². The lowest BCUT2D eigenvalue weighted by Gasteiger charge is -2.20. The lowest BCUT2D eigenvalue weighted by Crippen LogP contribution is -2.19. The molecule has 0 aromatic heterocycles. The zero-order valence-corrected chi connectivity index (χ0v) is 7.82. The number of nitrogens with one attached hydrogen (secondary N) is 1. The monoisotopic (exact) mass is 231 g/mol. The molecule has 1 N–H and O–H groups in total. The molecule has 1 aromatic rings. The summed E-state index contributed by atoms with van der Waals surface area (Å²) in [7, 11) is 0. The van der Waals surface area contributed by atoms with Gasteiger partial charge in [0.2, 0.25) is 0 Å². The summed E-state index contributed by atoms with van der Waals surface area (Å²) in [6, 6.07) is 3.05. The first-order valence-corrected chi connectivity index (χ1v) is 4.43. The second-order valence-corrected chi connectivity index (χ2v) is 3.36. The number of ether oxygens (including phenoxy) is 1. The third kappa shape index (κ3) is 1.16. The predicted octanol–water partition coefficient (Wildman–Crippen LogP) is 2.39. The Morgan fingerprint density at radius 1 is 1.50 bits per heavy atom. The molecule has 0 fully saturated rings. The Bertz CT molecular complexity index is 285. The summed E-state index contributed by atoms with van der Waals surface area (Å²) in [5, 5.41) is 2.94. The number of hydrogen-bond donors (Lipinski definition) is 1. The summed E-state index contributed by atoms with van der Waals surface area (Å²) in [4.78, 5) is 0. The van der Waals surface area contributed by atoms with E-state index in [9.17, 15) is 4.39 Å². The van der Waals surface area contributed by atoms with Gasteiger partial charge in [0.25, 0.3) is 0 Å². The van der Waals surface area contributed by atoms with Crippen molar-refractivity contribution in [2.24, 2.45) is 0 Å². The van der Waals surface area contributed by atoms with Crippen molar-refractivity contribution in [3.05, 3.63) is 22.4 Å². The van der Waals surface area contributed by atoms with E-state index in [1.807, 2.05) is 0 Å². The highest BCUT2D eigenvalue weighted by Crippen LogP contribution is 2.36. The molecule has 1 heterocycles. The summed E-state index contributed by atoms with van der Waals surface area (Å²) in [5.41, 5.74) is 0.454. The van der Waals surface area contributed by atoms with E-state index in [1.54, 1.807) is 6.07 Å². The lowest BCUT2D eigenvalue weighted by atomic mass is 10.2. The molecule has 0 radical (unpaired) electrons. The first kappa shape index (κ1) is 7.86. The van der Waals surface area contributed by atoms with Crippen LogP contribution in [0.2, 0.25) is 0 Å². The molecule has 1 aliphatic heterocycles. The van der Waals surface area contributed by atoms with Gasteiger partial charge in [0.15, 0.2) is 5.75 Å². The Morgan fingerprint density at radius 2 is 2.33 bits per heavy atom. The molecule has 2 rings (SSSR count). The maximum Gasteiger partial charge on any atom is 0.159 e. The predicted molar refractivity (Wildman–Crippen MR) is 48.1 cm³/mol. The fourth-order valence-electron chi connectivity index (χ4n) is 1.17. The van der Waals surface area contributed by atoms with E-state index < -0.39 is 0 Å². The van der Waals surface area contributed by atoms with Crippen molar-refractivity contribution < 1.29 is 9.13 Å². The van der Waals surface area contributed by atoms with Crippen LogP contribution < -0.4 is 10.1 Å². The number of halogens is 2. The summed E-state index contributed by atoms with van der Waals surface area (Å²) >= 11 is 3.28. The topological polar surface area (TPSA) is 21.3 Å². The van der Waals surface area contributed by atoms with Gasteiger partial charge in [-0.05, 0) is 28.1 Å².